The van der Waals surface area contributed by atoms with Crippen molar-refractivity contribution in [3.05, 3.63) is 0 Å². The van der Waals surface area contributed by atoms with Crippen LogP contribution in [0.15, 0.2) is 0 Å². The Morgan fingerprint density at radius 3 is 2.64 bits per heavy atom. The Bertz CT molecular complexity index is 132. The molecule has 0 heterocycles. The van der Waals surface area contributed by atoms with Gasteiger partial charge in [-0.1, -0.05) is 39.0 Å². The van der Waals surface area contributed by atoms with Crippen LogP contribution in [0.5, 0.6) is 0 Å². The van der Waals surface area contributed by atoms with Crippen LogP contribution in [0.25, 0.3) is 0 Å². The molecule has 0 aromatic heterocycles. The van der Waals surface area contributed by atoms with Gasteiger partial charge in [0.05, 0.1) is 0 Å². The molecule has 1 nitrogen and oxygen atoms in total. The van der Waals surface area contributed by atoms with E-state index in [4.69, 9.17) is 11.6 Å². The molecule has 1 atom stereocenters. The third kappa shape index (κ3) is 4.65. The summed E-state index contributed by atoms with van der Waals surface area (Å²) in [7, 11) is 0. The largest absolute Gasteiger partial charge is 0.316 e. The van der Waals surface area contributed by atoms with Crippen LogP contribution < -0.4 is 5.32 Å². The minimum Gasteiger partial charge on any atom is -0.316 e. The van der Waals surface area contributed by atoms with Gasteiger partial charge in [0.25, 0.3) is 0 Å². The van der Waals surface area contributed by atoms with E-state index < -0.39 is 0 Å². The van der Waals surface area contributed by atoms with Crippen LogP contribution in [-0.2, 0) is 0 Å². The lowest BCUT2D eigenvalue weighted by molar-refractivity contribution is 0.257. The van der Waals surface area contributed by atoms with Crippen LogP contribution >= 0.6 is 11.6 Å². The topological polar surface area (TPSA) is 12.0 Å². The van der Waals surface area contributed by atoms with Crippen LogP contribution in [0.1, 0.15) is 45.4 Å². The molecule has 1 aliphatic rings. The first-order chi connectivity index (χ1) is 6.84. The van der Waals surface area contributed by atoms with Gasteiger partial charge in [-0.25, -0.2) is 0 Å². The van der Waals surface area contributed by atoms with Gasteiger partial charge in [0.15, 0.2) is 0 Å². The number of hydrogen-bond donors (Lipinski definition) is 1. The predicted molar refractivity (Wildman–Crippen MR) is 63.9 cm³/mol. The molecule has 0 amide bonds. The highest BCUT2D eigenvalue weighted by atomic mass is 35.5. The van der Waals surface area contributed by atoms with E-state index in [1.54, 1.807) is 0 Å². The van der Waals surface area contributed by atoms with Gasteiger partial charge in [-0.05, 0) is 31.3 Å². The van der Waals surface area contributed by atoms with E-state index in [0.717, 1.165) is 30.7 Å². The molecular formula is C12H24ClN. The molecule has 0 aliphatic heterocycles. The van der Waals surface area contributed by atoms with E-state index in [1.807, 2.05) is 0 Å². The average Bonchev–Trinajstić information content (AvgIpc) is 2.25. The van der Waals surface area contributed by atoms with Crippen molar-refractivity contribution in [1.82, 2.24) is 5.32 Å². The Kier molecular flexibility index (Phi) is 6.63. The summed E-state index contributed by atoms with van der Waals surface area (Å²) in [5.74, 6) is 2.61. The molecule has 0 aromatic carbocycles. The minimum absolute atomic E-state index is 0.783. The molecule has 0 bridgehead atoms. The zero-order valence-corrected chi connectivity index (χ0v) is 10.2. The monoisotopic (exact) mass is 217 g/mol. The molecule has 0 saturated heterocycles. The van der Waals surface area contributed by atoms with Crippen LogP contribution in [-0.4, -0.2) is 19.0 Å². The summed E-state index contributed by atoms with van der Waals surface area (Å²) < 4.78 is 0. The fourth-order valence-corrected chi connectivity index (χ4v) is 2.53. The average molecular weight is 218 g/mol. The van der Waals surface area contributed by atoms with Crippen molar-refractivity contribution in [2.75, 3.05) is 19.0 Å². The lowest BCUT2D eigenvalue weighted by Crippen LogP contribution is -2.28. The molecule has 0 spiro atoms. The number of rotatable bonds is 6. The second-order valence-electron chi connectivity index (χ2n) is 4.62. The predicted octanol–water partition coefficient (Wildman–Crippen LogP) is 3.42. The van der Waals surface area contributed by atoms with Crippen molar-refractivity contribution in [1.29, 1.82) is 0 Å². The zero-order chi connectivity index (χ0) is 10.2. The first-order valence-electron chi connectivity index (χ1n) is 6.11. The van der Waals surface area contributed by atoms with Gasteiger partial charge in [-0.2, -0.15) is 0 Å². The number of hydrogen-bond acceptors (Lipinski definition) is 1. The van der Waals surface area contributed by atoms with Crippen molar-refractivity contribution < 1.29 is 0 Å². The van der Waals surface area contributed by atoms with Gasteiger partial charge < -0.3 is 5.32 Å². The maximum atomic E-state index is 5.63. The molecule has 1 N–H and O–H groups in total. The maximum absolute atomic E-state index is 5.63. The fourth-order valence-electron chi connectivity index (χ4n) is 2.39. The van der Waals surface area contributed by atoms with Crippen LogP contribution in [0, 0.1) is 11.8 Å². The van der Waals surface area contributed by atoms with Crippen molar-refractivity contribution in [2.24, 2.45) is 11.8 Å². The first-order valence-corrected chi connectivity index (χ1v) is 6.64. The molecule has 0 radical (unpaired) electrons. The van der Waals surface area contributed by atoms with Crippen LogP contribution in [0.2, 0.25) is 0 Å². The van der Waals surface area contributed by atoms with Gasteiger partial charge in [0, 0.05) is 5.88 Å². The smallest absolute Gasteiger partial charge is 0.0235 e. The summed E-state index contributed by atoms with van der Waals surface area (Å²) in [5, 5.41) is 3.50. The van der Waals surface area contributed by atoms with Gasteiger partial charge in [-0.15, -0.1) is 11.6 Å². The molecule has 2 heteroatoms. The molecule has 0 aromatic rings. The van der Waals surface area contributed by atoms with Crippen LogP contribution in [0.4, 0.5) is 0 Å². The summed E-state index contributed by atoms with van der Waals surface area (Å²) in [6.45, 7) is 4.66. The van der Waals surface area contributed by atoms with Crippen LogP contribution in [0.3, 0.4) is 0 Å². The van der Waals surface area contributed by atoms with Gasteiger partial charge in [0.1, 0.15) is 0 Å². The third-order valence-electron chi connectivity index (χ3n) is 3.41. The highest BCUT2D eigenvalue weighted by Gasteiger charge is 2.19. The summed E-state index contributed by atoms with van der Waals surface area (Å²) in [5.41, 5.74) is 0. The third-order valence-corrected chi connectivity index (χ3v) is 3.68. The lowest BCUT2D eigenvalue weighted by Gasteiger charge is -2.27. The molecule has 1 rings (SSSR count). The molecule has 1 fully saturated rings. The lowest BCUT2D eigenvalue weighted by atomic mass is 9.81. The van der Waals surface area contributed by atoms with Crippen molar-refractivity contribution >= 4 is 11.6 Å². The summed E-state index contributed by atoms with van der Waals surface area (Å²) in [6, 6.07) is 0. The molecule has 1 unspecified atom stereocenters. The van der Waals surface area contributed by atoms with Gasteiger partial charge >= 0.3 is 0 Å². The summed E-state index contributed by atoms with van der Waals surface area (Å²) >= 11 is 5.63. The molecule has 1 saturated carbocycles. The second-order valence-corrected chi connectivity index (χ2v) is 5.00. The van der Waals surface area contributed by atoms with E-state index in [-0.39, 0.29) is 0 Å². The Balaban J connectivity index is 2.04. The fraction of sp³-hybridized carbons (Fsp3) is 1.00. The highest BCUT2D eigenvalue weighted by Crippen LogP contribution is 2.29. The van der Waals surface area contributed by atoms with E-state index >= 15 is 0 Å². The normalized spacial score (nSPS) is 21.0. The quantitative estimate of drug-likeness (QED) is 0.531. The van der Waals surface area contributed by atoms with Gasteiger partial charge in [0.2, 0.25) is 0 Å². The maximum Gasteiger partial charge on any atom is 0.0235 e. The zero-order valence-electron chi connectivity index (χ0n) is 9.40. The standard InChI is InChI=1S/C12H24ClN/c1-11(10-14-9-5-8-13)12-6-3-2-4-7-12/h11-12,14H,2-10H2,1H3. The molecule has 1 aliphatic carbocycles. The van der Waals surface area contributed by atoms with E-state index in [0.29, 0.717) is 0 Å². The van der Waals surface area contributed by atoms with Crippen molar-refractivity contribution in [3.8, 4) is 0 Å². The van der Waals surface area contributed by atoms with Gasteiger partial charge in [-0.3, -0.25) is 0 Å². The SMILES string of the molecule is CC(CNCCCCl)C1CCCCC1. The second kappa shape index (κ2) is 7.53. The summed E-state index contributed by atoms with van der Waals surface area (Å²) in [4.78, 5) is 0. The van der Waals surface area contributed by atoms with E-state index in [1.165, 1.54) is 38.6 Å². The molecule has 84 valence electrons. The Hall–Kier alpha value is 0.250. The Morgan fingerprint density at radius 2 is 2.00 bits per heavy atom. The van der Waals surface area contributed by atoms with Crippen molar-refractivity contribution in [3.63, 3.8) is 0 Å². The Labute approximate surface area is 93.6 Å². The number of halogens is 1. The molecular weight excluding hydrogens is 194 g/mol. The molecule has 14 heavy (non-hydrogen) atoms. The highest BCUT2D eigenvalue weighted by molar-refractivity contribution is 6.17. The van der Waals surface area contributed by atoms with E-state index in [9.17, 15) is 0 Å². The Morgan fingerprint density at radius 1 is 1.29 bits per heavy atom. The van der Waals surface area contributed by atoms with Crippen molar-refractivity contribution in [2.45, 2.75) is 45.4 Å². The first kappa shape index (κ1) is 12.3. The minimum atomic E-state index is 0.783. The summed E-state index contributed by atoms with van der Waals surface area (Å²) in [6.07, 6.45) is 8.38. The number of alkyl halides is 1. The van der Waals surface area contributed by atoms with E-state index in [2.05, 4.69) is 12.2 Å². The number of nitrogens with one attached hydrogen (secondary N) is 1.